The van der Waals surface area contributed by atoms with Gasteiger partial charge in [-0.25, -0.2) is 0 Å². The summed E-state index contributed by atoms with van der Waals surface area (Å²) in [6.07, 6.45) is 6.18. The fourth-order valence-corrected chi connectivity index (χ4v) is 4.11. The Morgan fingerprint density at radius 1 is 1.29 bits per heavy atom. The largest absolute Gasteiger partial charge is 0.323 e. The SMILES string of the molecule is CC(C)CC1NC(C(C)C)C(=O)N1C1CCCC(C)(C)C1. The molecule has 122 valence electrons. The van der Waals surface area contributed by atoms with Crippen molar-refractivity contribution in [2.75, 3.05) is 0 Å². The van der Waals surface area contributed by atoms with E-state index in [1.807, 2.05) is 0 Å². The van der Waals surface area contributed by atoms with Crippen molar-refractivity contribution >= 4 is 5.91 Å². The van der Waals surface area contributed by atoms with Gasteiger partial charge in [0, 0.05) is 6.04 Å². The number of hydrogen-bond acceptors (Lipinski definition) is 2. The van der Waals surface area contributed by atoms with Crippen LogP contribution < -0.4 is 5.32 Å². The fraction of sp³-hybridized carbons (Fsp3) is 0.944. The van der Waals surface area contributed by atoms with E-state index >= 15 is 0 Å². The Morgan fingerprint density at radius 2 is 1.95 bits per heavy atom. The van der Waals surface area contributed by atoms with Gasteiger partial charge >= 0.3 is 0 Å². The molecule has 1 heterocycles. The number of rotatable bonds is 4. The molecule has 3 unspecified atom stereocenters. The first-order chi connectivity index (χ1) is 9.71. The molecule has 1 saturated heterocycles. The molecule has 2 fully saturated rings. The molecular formula is C18H34N2O. The second-order valence-electron chi connectivity index (χ2n) is 8.69. The van der Waals surface area contributed by atoms with Crippen LogP contribution in [0.4, 0.5) is 0 Å². The highest BCUT2D eigenvalue weighted by atomic mass is 16.2. The molecule has 0 aromatic carbocycles. The van der Waals surface area contributed by atoms with E-state index in [4.69, 9.17) is 0 Å². The van der Waals surface area contributed by atoms with Gasteiger partial charge in [-0.2, -0.15) is 0 Å². The molecule has 0 bridgehead atoms. The molecule has 3 nitrogen and oxygen atoms in total. The van der Waals surface area contributed by atoms with Crippen molar-refractivity contribution in [2.45, 2.75) is 91.9 Å². The molecule has 0 aromatic heterocycles. The van der Waals surface area contributed by atoms with Crippen LogP contribution in [0.2, 0.25) is 0 Å². The molecule has 1 aliphatic carbocycles. The molecule has 2 aliphatic rings. The van der Waals surface area contributed by atoms with E-state index in [0.29, 0.717) is 29.2 Å². The maximum Gasteiger partial charge on any atom is 0.241 e. The summed E-state index contributed by atoms with van der Waals surface area (Å²) in [5.41, 5.74) is 0.376. The number of carbonyl (C=O) groups is 1. The monoisotopic (exact) mass is 294 g/mol. The summed E-state index contributed by atoms with van der Waals surface area (Å²) in [6, 6.07) is 0.444. The standard InChI is InChI=1S/C18H34N2O/c1-12(2)10-15-19-16(13(3)4)17(21)20(15)14-8-7-9-18(5,6)11-14/h12-16,19H,7-11H2,1-6H3. The first-order valence-electron chi connectivity index (χ1n) is 8.79. The Labute approximate surface area is 130 Å². The number of amides is 1. The average Bonchev–Trinajstić information content (AvgIpc) is 2.64. The van der Waals surface area contributed by atoms with Crippen LogP contribution in [0.1, 0.15) is 73.6 Å². The Kier molecular flexibility index (Phi) is 5.02. The van der Waals surface area contributed by atoms with E-state index in [9.17, 15) is 4.79 Å². The third-order valence-electron chi connectivity index (χ3n) is 5.16. The molecule has 0 aromatic rings. The van der Waals surface area contributed by atoms with Crippen molar-refractivity contribution in [3.05, 3.63) is 0 Å². The zero-order chi connectivity index (χ0) is 15.8. The maximum absolute atomic E-state index is 12.9. The van der Waals surface area contributed by atoms with Crippen LogP contribution in [0, 0.1) is 17.3 Å². The van der Waals surface area contributed by atoms with Gasteiger partial charge in [0.15, 0.2) is 0 Å². The lowest BCUT2D eigenvalue weighted by Gasteiger charge is -2.42. The molecule has 3 heteroatoms. The van der Waals surface area contributed by atoms with Gasteiger partial charge in [0.05, 0.1) is 12.2 Å². The third kappa shape index (κ3) is 3.80. The van der Waals surface area contributed by atoms with Gasteiger partial charge in [0.1, 0.15) is 0 Å². The first-order valence-corrected chi connectivity index (χ1v) is 8.79. The lowest BCUT2D eigenvalue weighted by molar-refractivity contribution is -0.134. The molecule has 0 radical (unpaired) electrons. The van der Waals surface area contributed by atoms with Gasteiger partial charge in [-0.3, -0.25) is 10.1 Å². The lowest BCUT2D eigenvalue weighted by Crippen LogP contribution is -2.48. The highest BCUT2D eigenvalue weighted by Crippen LogP contribution is 2.39. The summed E-state index contributed by atoms with van der Waals surface area (Å²) in [5.74, 6) is 1.33. The highest BCUT2D eigenvalue weighted by molar-refractivity contribution is 5.85. The van der Waals surface area contributed by atoms with E-state index in [2.05, 4.69) is 51.8 Å². The smallest absolute Gasteiger partial charge is 0.241 e. The van der Waals surface area contributed by atoms with E-state index in [0.717, 1.165) is 12.8 Å². The maximum atomic E-state index is 12.9. The number of nitrogens with one attached hydrogen (secondary N) is 1. The van der Waals surface area contributed by atoms with Crippen molar-refractivity contribution < 1.29 is 4.79 Å². The van der Waals surface area contributed by atoms with Crippen LogP contribution in [-0.2, 0) is 4.79 Å². The van der Waals surface area contributed by atoms with Crippen molar-refractivity contribution in [1.82, 2.24) is 10.2 Å². The minimum absolute atomic E-state index is 0.0128. The van der Waals surface area contributed by atoms with Gasteiger partial charge in [-0.05, 0) is 42.9 Å². The van der Waals surface area contributed by atoms with Crippen molar-refractivity contribution in [1.29, 1.82) is 0 Å². The van der Waals surface area contributed by atoms with E-state index in [-0.39, 0.29) is 12.2 Å². The van der Waals surface area contributed by atoms with Gasteiger partial charge in [0.2, 0.25) is 5.91 Å². The van der Waals surface area contributed by atoms with Gasteiger partial charge in [-0.15, -0.1) is 0 Å². The Balaban J connectivity index is 2.18. The Morgan fingerprint density at radius 3 is 2.48 bits per heavy atom. The normalized spacial score (nSPS) is 33.2. The van der Waals surface area contributed by atoms with E-state index in [1.54, 1.807) is 0 Å². The Hall–Kier alpha value is -0.570. The zero-order valence-electron chi connectivity index (χ0n) is 14.8. The van der Waals surface area contributed by atoms with Crippen LogP contribution in [0.5, 0.6) is 0 Å². The number of carbonyl (C=O) groups excluding carboxylic acids is 1. The second-order valence-corrected chi connectivity index (χ2v) is 8.69. The van der Waals surface area contributed by atoms with Crippen LogP contribution in [-0.4, -0.2) is 29.1 Å². The second kappa shape index (κ2) is 6.28. The molecule has 0 spiro atoms. The summed E-state index contributed by atoms with van der Waals surface area (Å²) in [6.45, 7) is 13.5. The highest BCUT2D eigenvalue weighted by Gasteiger charge is 2.45. The number of nitrogens with zero attached hydrogens (tertiary/aromatic N) is 1. The van der Waals surface area contributed by atoms with Gasteiger partial charge < -0.3 is 4.90 Å². The molecule has 1 aliphatic heterocycles. The topological polar surface area (TPSA) is 32.3 Å². The molecule has 1 saturated carbocycles. The minimum Gasteiger partial charge on any atom is -0.323 e. The molecular weight excluding hydrogens is 260 g/mol. The van der Waals surface area contributed by atoms with Crippen molar-refractivity contribution in [3.8, 4) is 0 Å². The zero-order valence-corrected chi connectivity index (χ0v) is 14.8. The Bertz CT molecular complexity index is 375. The quantitative estimate of drug-likeness (QED) is 0.855. The lowest BCUT2D eigenvalue weighted by atomic mass is 9.74. The van der Waals surface area contributed by atoms with Crippen molar-refractivity contribution in [3.63, 3.8) is 0 Å². The van der Waals surface area contributed by atoms with Gasteiger partial charge in [0.25, 0.3) is 0 Å². The predicted octanol–water partition coefficient (Wildman–Crippen LogP) is 3.78. The summed E-state index contributed by atoms with van der Waals surface area (Å²) in [5, 5.41) is 3.62. The molecule has 3 atom stereocenters. The minimum atomic E-state index is 0.0128. The van der Waals surface area contributed by atoms with E-state index in [1.165, 1.54) is 19.3 Å². The predicted molar refractivity (Wildman–Crippen MR) is 87.9 cm³/mol. The average molecular weight is 294 g/mol. The third-order valence-corrected chi connectivity index (χ3v) is 5.16. The van der Waals surface area contributed by atoms with Crippen LogP contribution in [0.3, 0.4) is 0 Å². The van der Waals surface area contributed by atoms with E-state index < -0.39 is 0 Å². The first kappa shape index (κ1) is 16.8. The van der Waals surface area contributed by atoms with Crippen LogP contribution >= 0.6 is 0 Å². The van der Waals surface area contributed by atoms with Gasteiger partial charge in [-0.1, -0.05) is 48.0 Å². The summed E-state index contributed by atoms with van der Waals surface area (Å²) in [7, 11) is 0. The molecule has 1 N–H and O–H groups in total. The summed E-state index contributed by atoms with van der Waals surface area (Å²) < 4.78 is 0. The molecule has 2 rings (SSSR count). The van der Waals surface area contributed by atoms with Crippen molar-refractivity contribution in [2.24, 2.45) is 17.3 Å². The molecule has 21 heavy (non-hydrogen) atoms. The summed E-state index contributed by atoms with van der Waals surface area (Å²) >= 11 is 0. The van der Waals surface area contributed by atoms with Crippen LogP contribution in [0.15, 0.2) is 0 Å². The van der Waals surface area contributed by atoms with Crippen LogP contribution in [0.25, 0.3) is 0 Å². The summed E-state index contributed by atoms with van der Waals surface area (Å²) in [4.78, 5) is 15.1. The molecule has 1 amide bonds. The fourth-order valence-electron chi connectivity index (χ4n) is 4.11. The number of hydrogen-bond donors (Lipinski definition) is 1.